The molecule has 5 heteroatoms. The maximum atomic E-state index is 12.0. The topological polar surface area (TPSA) is 58.6 Å². The first-order valence-electron chi connectivity index (χ1n) is 7.30. The maximum absolute atomic E-state index is 12.0. The van der Waals surface area contributed by atoms with Gasteiger partial charge in [0.2, 0.25) is 11.8 Å². The molecular weight excluding hydrogens is 268 g/mol. The van der Waals surface area contributed by atoms with Gasteiger partial charge in [-0.2, -0.15) is 0 Å². The molecule has 21 heavy (non-hydrogen) atoms. The molecule has 2 fully saturated rings. The van der Waals surface area contributed by atoms with E-state index in [-0.39, 0.29) is 24.3 Å². The summed E-state index contributed by atoms with van der Waals surface area (Å²) in [6, 6.07) is 7.65. The van der Waals surface area contributed by atoms with Gasteiger partial charge in [-0.05, 0) is 36.5 Å². The molecule has 112 valence electrons. The van der Waals surface area contributed by atoms with E-state index in [0.29, 0.717) is 5.92 Å². The molecule has 2 atom stereocenters. The third-order valence-corrected chi connectivity index (χ3v) is 4.33. The monoisotopic (exact) mass is 288 g/mol. The van der Waals surface area contributed by atoms with E-state index in [1.54, 1.807) is 14.2 Å². The van der Waals surface area contributed by atoms with E-state index in [2.05, 4.69) is 5.32 Å². The highest BCUT2D eigenvalue weighted by Crippen LogP contribution is 2.42. The Hall–Kier alpha value is -1.88. The van der Waals surface area contributed by atoms with Crippen LogP contribution in [0.25, 0.3) is 0 Å². The molecule has 5 nitrogen and oxygen atoms in total. The van der Waals surface area contributed by atoms with Crippen LogP contribution in [0.1, 0.15) is 30.9 Å². The van der Waals surface area contributed by atoms with Gasteiger partial charge in [-0.1, -0.05) is 12.1 Å². The molecule has 2 amide bonds. The number of hydrogen-bond acceptors (Lipinski definition) is 4. The minimum atomic E-state index is -0.393. The minimum Gasteiger partial charge on any atom is -0.497 e. The van der Waals surface area contributed by atoms with Crippen LogP contribution < -0.4 is 10.1 Å². The van der Waals surface area contributed by atoms with E-state index in [1.807, 2.05) is 24.3 Å². The zero-order valence-electron chi connectivity index (χ0n) is 12.3. The summed E-state index contributed by atoms with van der Waals surface area (Å²) in [4.78, 5) is 24.9. The molecule has 1 aliphatic carbocycles. The fourth-order valence-corrected chi connectivity index (χ4v) is 2.85. The summed E-state index contributed by atoms with van der Waals surface area (Å²) in [5, 5.41) is 3.39. The van der Waals surface area contributed by atoms with Crippen LogP contribution in [0, 0.1) is 5.92 Å². The molecule has 0 spiro atoms. The number of nitrogens with one attached hydrogen (secondary N) is 1. The Bertz CT molecular complexity index is 551. The van der Waals surface area contributed by atoms with Crippen molar-refractivity contribution in [2.24, 2.45) is 5.92 Å². The predicted octanol–water partition coefficient (Wildman–Crippen LogP) is 1.49. The number of imide groups is 1. The van der Waals surface area contributed by atoms with E-state index in [0.717, 1.165) is 24.2 Å². The molecule has 2 aliphatic rings. The van der Waals surface area contributed by atoms with Crippen LogP contribution in [0.5, 0.6) is 5.75 Å². The average molecular weight is 288 g/mol. The van der Waals surface area contributed by atoms with Crippen LogP contribution in [-0.4, -0.2) is 36.9 Å². The van der Waals surface area contributed by atoms with Crippen LogP contribution in [-0.2, 0) is 9.59 Å². The summed E-state index contributed by atoms with van der Waals surface area (Å²) in [6.07, 6.45) is 2.58. The molecule has 1 aromatic rings. The summed E-state index contributed by atoms with van der Waals surface area (Å²) < 4.78 is 5.18. The molecule has 1 heterocycles. The van der Waals surface area contributed by atoms with Crippen molar-refractivity contribution in [3.63, 3.8) is 0 Å². The summed E-state index contributed by atoms with van der Waals surface area (Å²) in [6.45, 7) is 0. The third kappa shape index (κ3) is 2.78. The Morgan fingerprint density at radius 3 is 2.38 bits per heavy atom. The number of rotatable bonds is 5. The lowest BCUT2D eigenvalue weighted by molar-refractivity contribution is -0.137. The van der Waals surface area contributed by atoms with Crippen molar-refractivity contribution in [2.45, 2.75) is 31.3 Å². The number of likely N-dealkylation sites (tertiary alicyclic amines) is 1. The molecule has 3 rings (SSSR count). The molecule has 1 N–H and O–H groups in total. The van der Waals surface area contributed by atoms with Crippen molar-refractivity contribution >= 4 is 11.8 Å². The molecule has 0 bridgehead atoms. The van der Waals surface area contributed by atoms with Crippen LogP contribution in [0.2, 0.25) is 0 Å². The molecular formula is C16H20N2O3. The first-order valence-corrected chi connectivity index (χ1v) is 7.30. The lowest BCUT2D eigenvalue weighted by atomic mass is 10.0. The van der Waals surface area contributed by atoms with E-state index in [9.17, 15) is 9.59 Å². The van der Waals surface area contributed by atoms with E-state index >= 15 is 0 Å². The summed E-state index contributed by atoms with van der Waals surface area (Å²) in [7, 11) is 3.19. The summed E-state index contributed by atoms with van der Waals surface area (Å²) in [5.74, 6) is 1.13. The van der Waals surface area contributed by atoms with Crippen molar-refractivity contribution < 1.29 is 14.3 Å². The van der Waals surface area contributed by atoms with E-state index in [4.69, 9.17) is 4.74 Å². The molecule has 2 unspecified atom stereocenters. The second-order valence-corrected chi connectivity index (χ2v) is 5.80. The standard InChI is InChI=1S/C16H20N2O3/c1-18-14(19)9-13(16(18)20)17-15(10-3-4-10)11-5-7-12(21-2)8-6-11/h5-8,10,13,15,17H,3-4,9H2,1-2H3. The minimum absolute atomic E-state index is 0.109. The van der Waals surface area contributed by atoms with Crippen molar-refractivity contribution in [3.8, 4) is 5.75 Å². The highest BCUT2D eigenvalue weighted by Gasteiger charge is 2.40. The number of hydrogen-bond donors (Lipinski definition) is 1. The SMILES string of the molecule is COc1ccc(C(NC2CC(=O)N(C)C2=O)C2CC2)cc1. The van der Waals surface area contributed by atoms with Gasteiger partial charge in [-0.3, -0.25) is 19.8 Å². The maximum Gasteiger partial charge on any atom is 0.246 e. The molecule has 1 aromatic carbocycles. The molecule has 1 saturated heterocycles. The highest BCUT2D eigenvalue weighted by molar-refractivity contribution is 6.05. The van der Waals surface area contributed by atoms with Gasteiger partial charge >= 0.3 is 0 Å². The summed E-state index contributed by atoms with van der Waals surface area (Å²) in [5.41, 5.74) is 1.15. The number of likely N-dealkylation sites (N-methyl/N-ethyl adjacent to an activating group) is 1. The second kappa shape index (κ2) is 5.48. The molecule has 1 saturated carbocycles. The van der Waals surface area contributed by atoms with Gasteiger partial charge < -0.3 is 4.74 Å². The first-order chi connectivity index (χ1) is 10.1. The smallest absolute Gasteiger partial charge is 0.246 e. The number of ether oxygens (including phenoxy) is 1. The van der Waals surface area contributed by atoms with Crippen LogP contribution in [0.15, 0.2) is 24.3 Å². The lowest BCUT2D eigenvalue weighted by Gasteiger charge is -2.22. The van der Waals surface area contributed by atoms with Gasteiger partial charge in [-0.15, -0.1) is 0 Å². The van der Waals surface area contributed by atoms with Gasteiger partial charge in [0, 0.05) is 13.1 Å². The highest BCUT2D eigenvalue weighted by atomic mass is 16.5. The Kier molecular flexibility index (Phi) is 3.68. The normalized spacial score (nSPS) is 23.5. The Labute approximate surface area is 124 Å². The van der Waals surface area contributed by atoms with Gasteiger partial charge in [0.05, 0.1) is 19.6 Å². The summed E-state index contributed by atoms with van der Waals surface area (Å²) >= 11 is 0. The third-order valence-electron chi connectivity index (χ3n) is 4.33. The van der Waals surface area contributed by atoms with E-state index in [1.165, 1.54) is 4.90 Å². The van der Waals surface area contributed by atoms with Gasteiger partial charge in [0.25, 0.3) is 0 Å². The van der Waals surface area contributed by atoms with Gasteiger partial charge in [0.1, 0.15) is 5.75 Å². The number of methoxy groups -OCH3 is 1. The van der Waals surface area contributed by atoms with Crippen molar-refractivity contribution in [2.75, 3.05) is 14.2 Å². The number of carbonyl (C=O) groups excluding carboxylic acids is 2. The van der Waals surface area contributed by atoms with Crippen molar-refractivity contribution in [1.29, 1.82) is 0 Å². The van der Waals surface area contributed by atoms with Gasteiger partial charge in [0.15, 0.2) is 0 Å². The van der Waals surface area contributed by atoms with Crippen LogP contribution >= 0.6 is 0 Å². The number of nitrogens with zero attached hydrogens (tertiary/aromatic N) is 1. The number of amides is 2. The number of carbonyl (C=O) groups is 2. The quantitative estimate of drug-likeness (QED) is 0.834. The van der Waals surface area contributed by atoms with Crippen molar-refractivity contribution in [1.82, 2.24) is 10.2 Å². The predicted molar refractivity (Wildman–Crippen MR) is 77.8 cm³/mol. The fourth-order valence-electron chi connectivity index (χ4n) is 2.85. The van der Waals surface area contributed by atoms with Crippen molar-refractivity contribution in [3.05, 3.63) is 29.8 Å². The lowest BCUT2D eigenvalue weighted by Crippen LogP contribution is -2.40. The Morgan fingerprint density at radius 1 is 1.24 bits per heavy atom. The fraction of sp³-hybridized carbons (Fsp3) is 0.500. The molecule has 1 aliphatic heterocycles. The molecule has 0 radical (unpaired) electrons. The number of benzene rings is 1. The van der Waals surface area contributed by atoms with Gasteiger partial charge in [-0.25, -0.2) is 0 Å². The van der Waals surface area contributed by atoms with Crippen LogP contribution in [0.3, 0.4) is 0 Å². The van der Waals surface area contributed by atoms with E-state index < -0.39 is 6.04 Å². The average Bonchev–Trinajstić information content (AvgIpc) is 3.31. The Balaban J connectivity index is 1.76. The second-order valence-electron chi connectivity index (χ2n) is 5.80. The molecule has 0 aromatic heterocycles. The Morgan fingerprint density at radius 2 is 1.90 bits per heavy atom. The largest absolute Gasteiger partial charge is 0.497 e. The van der Waals surface area contributed by atoms with Crippen LogP contribution in [0.4, 0.5) is 0 Å². The zero-order valence-corrected chi connectivity index (χ0v) is 12.3. The first kappa shape index (κ1) is 14.1. The zero-order chi connectivity index (χ0) is 15.0.